The fourth-order valence-corrected chi connectivity index (χ4v) is 5.12. The minimum absolute atomic E-state index is 0.0299. The summed E-state index contributed by atoms with van der Waals surface area (Å²) in [6.45, 7) is 4.57. The molecule has 0 radical (unpaired) electrons. The van der Waals surface area contributed by atoms with Gasteiger partial charge < -0.3 is 14.7 Å². The number of alkyl halides is 3. The molecule has 0 unspecified atom stereocenters. The van der Waals surface area contributed by atoms with E-state index in [1.165, 1.54) is 13.0 Å². The number of amides is 1. The van der Waals surface area contributed by atoms with Gasteiger partial charge in [-0.15, -0.1) is 0 Å². The van der Waals surface area contributed by atoms with E-state index in [0.717, 1.165) is 25.3 Å². The van der Waals surface area contributed by atoms with Crippen molar-refractivity contribution in [3.8, 4) is 5.75 Å². The van der Waals surface area contributed by atoms with E-state index < -0.39 is 17.3 Å². The van der Waals surface area contributed by atoms with Crippen molar-refractivity contribution < 1.29 is 27.8 Å². The quantitative estimate of drug-likeness (QED) is 0.841. The van der Waals surface area contributed by atoms with E-state index in [1.807, 2.05) is 4.90 Å². The topological polar surface area (TPSA) is 49.8 Å². The van der Waals surface area contributed by atoms with Gasteiger partial charge in [0.05, 0.1) is 17.3 Å². The Morgan fingerprint density at radius 1 is 1.25 bits per heavy atom. The Labute approximate surface area is 162 Å². The summed E-state index contributed by atoms with van der Waals surface area (Å²) in [5.41, 5.74) is -1.21. The number of halogens is 3. The maximum absolute atomic E-state index is 13.1. The summed E-state index contributed by atoms with van der Waals surface area (Å²) in [5, 5.41) is 9.82. The van der Waals surface area contributed by atoms with Crippen LogP contribution in [0.15, 0.2) is 18.2 Å². The number of carbonyl (C=O) groups excluding carboxylic acids is 1. The lowest BCUT2D eigenvalue weighted by Crippen LogP contribution is -2.61. The summed E-state index contributed by atoms with van der Waals surface area (Å²) >= 11 is 0. The molecule has 4 rings (SSSR count). The van der Waals surface area contributed by atoms with Crippen molar-refractivity contribution in [2.24, 2.45) is 11.3 Å². The van der Waals surface area contributed by atoms with Crippen LogP contribution in [-0.4, -0.2) is 40.7 Å². The molecule has 154 valence electrons. The molecular weight excluding hydrogens is 371 g/mol. The Morgan fingerprint density at radius 2 is 1.93 bits per heavy atom. The van der Waals surface area contributed by atoms with Gasteiger partial charge in [0.1, 0.15) is 5.75 Å². The average Bonchev–Trinajstić information content (AvgIpc) is 2.95. The van der Waals surface area contributed by atoms with Gasteiger partial charge in [0.25, 0.3) is 0 Å². The van der Waals surface area contributed by atoms with Gasteiger partial charge in [-0.25, -0.2) is 0 Å². The summed E-state index contributed by atoms with van der Waals surface area (Å²) < 4.78 is 45.2. The van der Waals surface area contributed by atoms with Gasteiger partial charge in [-0.2, -0.15) is 13.2 Å². The van der Waals surface area contributed by atoms with Gasteiger partial charge in [-0.05, 0) is 58.1 Å². The van der Waals surface area contributed by atoms with Crippen LogP contribution in [0.3, 0.4) is 0 Å². The van der Waals surface area contributed by atoms with E-state index in [0.29, 0.717) is 31.7 Å². The Hall–Kier alpha value is -1.76. The van der Waals surface area contributed by atoms with Crippen molar-refractivity contribution in [2.75, 3.05) is 13.1 Å². The van der Waals surface area contributed by atoms with Gasteiger partial charge in [-0.1, -0.05) is 6.07 Å². The summed E-state index contributed by atoms with van der Waals surface area (Å²) in [7, 11) is 0. The first-order valence-corrected chi connectivity index (χ1v) is 9.83. The first-order chi connectivity index (χ1) is 13.0. The summed E-state index contributed by atoms with van der Waals surface area (Å²) in [5.74, 6) is 0.338. The molecule has 1 spiro atoms. The summed E-state index contributed by atoms with van der Waals surface area (Å²) in [6.07, 6.45) is -0.997. The third-order valence-electron chi connectivity index (χ3n) is 6.63. The lowest BCUT2D eigenvalue weighted by Gasteiger charge is -2.51. The minimum atomic E-state index is -4.39. The highest BCUT2D eigenvalue weighted by Gasteiger charge is 2.53. The molecule has 1 aromatic carbocycles. The molecule has 1 amide bonds. The maximum atomic E-state index is 13.1. The van der Waals surface area contributed by atoms with Crippen LogP contribution in [0.4, 0.5) is 13.2 Å². The molecule has 2 aliphatic carbocycles. The van der Waals surface area contributed by atoms with E-state index in [4.69, 9.17) is 4.74 Å². The molecule has 1 atom stereocenters. The standard InChI is InChI=1S/C21H26F3NO3/c1-13-16(21(22,23)24)4-3-5-17(13)28-15-6-7-20(10-15)11-25(12-20)18(26)14-8-19(2,27)9-14/h3-5,14-15,27H,6-12H2,1-2H3/t14?,15-,19?/m1/s1. The highest BCUT2D eigenvalue weighted by molar-refractivity contribution is 5.81. The van der Waals surface area contributed by atoms with Crippen LogP contribution in [0.2, 0.25) is 0 Å². The van der Waals surface area contributed by atoms with Gasteiger partial charge in [0.15, 0.2) is 0 Å². The smallest absolute Gasteiger partial charge is 0.416 e. The number of rotatable bonds is 3. The van der Waals surface area contributed by atoms with E-state index in [-0.39, 0.29) is 28.9 Å². The zero-order valence-corrected chi connectivity index (χ0v) is 16.2. The van der Waals surface area contributed by atoms with Crippen LogP contribution < -0.4 is 4.74 Å². The number of aliphatic hydroxyl groups is 1. The Balaban J connectivity index is 1.33. The second kappa shape index (κ2) is 6.37. The van der Waals surface area contributed by atoms with Crippen LogP contribution in [0.25, 0.3) is 0 Å². The Morgan fingerprint density at radius 3 is 2.54 bits per heavy atom. The third kappa shape index (κ3) is 3.49. The molecule has 3 fully saturated rings. The monoisotopic (exact) mass is 397 g/mol. The normalized spacial score (nSPS) is 31.4. The highest BCUT2D eigenvalue weighted by Crippen LogP contribution is 2.49. The SMILES string of the molecule is Cc1c(O[C@@H]2CCC3(C2)CN(C(=O)C2CC(C)(O)C2)C3)cccc1C(F)(F)F. The Kier molecular flexibility index (Phi) is 4.45. The molecular formula is C21H26F3NO3. The zero-order chi connectivity index (χ0) is 20.3. The number of hydrogen-bond donors (Lipinski definition) is 1. The molecule has 28 heavy (non-hydrogen) atoms. The van der Waals surface area contributed by atoms with E-state index in [9.17, 15) is 23.1 Å². The maximum Gasteiger partial charge on any atom is 0.416 e. The molecule has 2 saturated carbocycles. The fourth-order valence-electron chi connectivity index (χ4n) is 5.12. The average molecular weight is 397 g/mol. The van der Waals surface area contributed by atoms with E-state index in [2.05, 4.69) is 0 Å². The van der Waals surface area contributed by atoms with Crippen molar-refractivity contribution in [2.45, 2.75) is 63.8 Å². The van der Waals surface area contributed by atoms with E-state index >= 15 is 0 Å². The highest BCUT2D eigenvalue weighted by atomic mass is 19.4. The largest absolute Gasteiger partial charge is 0.490 e. The van der Waals surface area contributed by atoms with Crippen LogP contribution in [0.1, 0.15) is 50.2 Å². The lowest BCUT2D eigenvalue weighted by molar-refractivity contribution is -0.161. The molecule has 1 aliphatic heterocycles. The van der Waals surface area contributed by atoms with Crippen molar-refractivity contribution in [1.29, 1.82) is 0 Å². The molecule has 1 saturated heterocycles. The predicted molar refractivity (Wildman–Crippen MR) is 96.8 cm³/mol. The van der Waals surface area contributed by atoms with Gasteiger partial charge >= 0.3 is 6.18 Å². The Bertz CT molecular complexity index is 776. The number of carbonyl (C=O) groups is 1. The number of ether oxygens (including phenoxy) is 1. The number of likely N-dealkylation sites (tertiary alicyclic amines) is 1. The first-order valence-electron chi connectivity index (χ1n) is 9.83. The lowest BCUT2D eigenvalue weighted by atomic mass is 9.70. The van der Waals surface area contributed by atoms with Crippen molar-refractivity contribution in [1.82, 2.24) is 4.90 Å². The van der Waals surface area contributed by atoms with Crippen LogP contribution in [0.5, 0.6) is 5.75 Å². The van der Waals surface area contributed by atoms with Crippen LogP contribution in [0, 0.1) is 18.3 Å². The second-order valence-electron chi connectivity index (χ2n) is 9.21. The summed E-state index contributed by atoms with van der Waals surface area (Å²) in [6, 6.07) is 4.05. The van der Waals surface area contributed by atoms with E-state index in [1.54, 1.807) is 13.0 Å². The molecule has 4 nitrogen and oxygen atoms in total. The molecule has 0 bridgehead atoms. The van der Waals surface area contributed by atoms with Gasteiger partial charge in [0.2, 0.25) is 5.91 Å². The third-order valence-corrected chi connectivity index (χ3v) is 6.63. The second-order valence-corrected chi connectivity index (χ2v) is 9.21. The zero-order valence-electron chi connectivity index (χ0n) is 16.2. The van der Waals surface area contributed by atoms with Crippen molar-refractivity contribution in [3.05, 3.63) is 29.3 Å². The summed E-state index contributed by atoms with van der Waals surface area (Å²) in [4.78, 5) is 14.3. The van der Waals surface area contributed by atoms with Crippen molar-refractivity contribution in [3.63, 3.8) is 0 Å². The van der Waals surface area contributed by atoms with Gasteiger partial charge in [-0.3, -0.25) is 4.79 Å². The first kappa shape index (κ1) is 19.6. The molecule has 1 heterocycles. The minimum Gasteiger partial charge on any atom is -0.490 e. The molecule has 3 aliphatic rings. The predicted octanol–water partition coefficient (Wildman–Crippen LogP) is 3.93. The van der Waals surface area contributed by atoms with Crippen LogP contribution in [-0.2, 0) is 11.0 Å². The molecule has 0 aromatic heterocycles. The molecule has 1 N–H and O–H groups in total. The molecule has 1 aromatic rings. The van der Waals surface area contributed by atoms with Crippen LogP contribution >= 0.6 is 0 Å². The van der Waals surface area contributed by atoms with Crippen molar-refractivity contribution >= 4 is 5.91 Å². The fraction of sp³-hybridized carbons (Fsp3) is 0.667. The number of nitrogens with zero attached hydrogens (tertiary/aromatic N) is 1. The number of hydrogen-bond acceptors (Lipinski definition) is 3. The molecule has 7 heteroatoms. The van der Waals surface area contributed by atoms with Gasteiger partial charge in [0, 0.05) is 30.0 Å². The number of benzene rings is 1.